The maximum atomic E-state index is 12.1. The molecule has 0 saturated heterocycles. The third-order valence-electron chi connectivity index (χ3n) is 3.31. The van der Waals surface area contributed by atoms with Crippen molar-refractivity contribution in [2.24, 2.45) is 0 Å². The Hall–Kier alpha value is -2.73. The van der Waals surface area contributed by atoms with Crippen LogP contribution in [0.25, 0.3) is 0 Å². The standard InChI is InChI=1S/C16H16N2O4/c1-11(15(19)12-5-3-2-4-6-12)17-16(20)13-7-9-14(10-8-13)18(21)22/h2-11,15,19H,1H3,(H,17,20)/t11-,15-/m1/s1. The molecule has 0 radical (unpaired) electrons. The number of nitro benzene ring substituents is 1. The highest BCUT2D eigenvalue weighted by molar-refractivity contribution is 5.94. The molecule has 0 aliphatic rings. The van der Waals surface area contributed by atoms with Gasteiger partial charge in [0.05, 0.1) is 17.1 Å². The van der Waals surface area contributed by atoms with Crippen LogP contribution in [0.2, 0.25) is 0 Å². The average Bonchev–Trinajstić information content (AvgIpc) is 2.54. The average molecular weight is 300 g/mol. The monoisotopic (exact) mass is 300 g/mol. The summed E-state index contributed by atoms with van der Waals surface area (Å²) in [5, 5.41) is 23.5. The first-order chi connectivity index (χ1) is 10.5. The Morgan fingerprint density at radius 3 is 2.27 bits per heavy atom. The van der Waals surface area contributed by atoms with Gasteiger partial charge < -0.3 is 10.4 Å². The highest BCUT2D eigenvalue weighted by atomic mass is 16.6. The lowest BCUT2D eigenvalue weighted by Crippen LogP contribution is -2.37. The second-order valence-electron chi connectivity index (χ2n) is 4.92. The summed E-state index contributed by atoms with van der Waals surface area (Å²) in [6.07, 6.45) is -0.830. The van der Waals surface area contributed by atoms with Crippen molar-refractivity contribution in [1.29, 1.82) is 0 Å². The maximum Gasteiger partial charge on any atom is 0.269 e. The van der Waals surface area contributed by atoms with Gasteiger partial charge in [-0.3, -0.25) is 14.9 Å². The van der Waals surface area contributed by atoms with E-state index in [0.717, 1.165) is 0 Å². The molecule has 2 aromatic carbocycles. The molecule has 2 N–H and O–H groups in total. The zero-order chi connectivity index (χ0) is 16.1. The van der Waals surface area contributed by atoms with Gasteiger partial charge in [0.25, 0.3) is 11.6 Å². The van der Waals surface area contributed by atoms with E-state index in [1.54, 1.807) is 19.1 Å². The summed E-state index contributed by atoms with van der Waals surface area (Å²) in [7, 11) is 0. The van der Waals surface area contributed by atoms with E-state index in [0.29, 0.717) is 11.1 Å². The van der Waals surface area contributed by atoms with Crippen LogP contribution >= 0.6 is 0 Å². The van der Waals surface area contributed by atoms with Crippen molar-refractivity contribution in [2.45, 2.75) is 19.1 Å². The molecule has 6 nitrogen and oxygen atoms in total. The molecule has 22 heavy (non-hydrogen) atoms. The first-order valence-electron chi connectivity index (χ1n) is 6.77. The smallest absolute Gasteiger partial charge is 0.269 e. The number of amides is 1. The zero-order valence-corrected chi connectivity index (χ0v) is 12.0. The number of nitrogens with one attached hydrogen (secondary N) is 1. The summed E-state index contributed by atoms with van der Waals surface area (Å²) in [4.78, 5) is 22.1. The van der Waals surface area contributed by atoms with Gasteiger partial charge in [-0.25, -0.2) is 0 Å². The Labute approximate surface area is 127 Å². The van der Waals surface area contributed by atoms with Gasteiger partial charge in [0.1, 0.15) is 0 Å². The van der Waals surface area contributed by atoms with E-state index in [1.807, 2.05) is 18.2 Å². The van der Waals surface area contributed by atoms with Crippen molar-refractivity contribution in [2.75, 3.05) is 0 Å². The van der Waals surface area contributed by atoms with Gasteiger partial charge in [-0.1, -0.05) is 30.3 Å². The number of carbonyl (C=O) groups is 1. The largest absolute Gasteiger partial charge is 0.386 e. The van der Waals surface area contributed by atoms with Gasteiger partial charge >= 0.3 is 0 Å². The lowest BCUT2D eigenvalue weighted by atomic mass is 10.0. The van der Waals surface area contributed by atoms with Crippen LogP contribution in [-0.2, 0) is 0 Å². The third kappa shape index (κ3) is 3.67. The van der Waals surface area contributed by atoms with E-state index < -0.39 is 23.0 Å². The van der Waals surface area contributed by atoms with Crippen LogP contribution in [0.3, 0.4) is 0 Å². The number of carbonyl (C=O) groups excluding carboxylic acids is 1. The van der Waals surface area contributed by atoms with E-state index >= 15 is 0 Å². The number of benzene rings is 2. The minimum atomic E-state index is -0.830. The third-order valence-corrected chi connectivity index (χ3v) is 3.31. The highest BCUT2D eigenvalue weighted by Gasteiger charge is 2.19. The first-order valence-corrected chi connectivity index (χ1v) is 6.77. The number of nitro groups is 1. The van der Waals surface area contributed by atoms with Crippen LogP contribution in [0.5, 0.6) is 0 Å². The highest BCUT2D eigenvalue weighted by Crippen LogP contribution is 2.17. The lowest BCUT2D eigenvalue weighted by molar-refractivity contribution is -0.384. The summed E-state index contributed by atoms with van der Waals surface area (Å²) >= 11 is 0. The Morgan fingerprint density at radius 2 is 1.73 bits per heavy atom. The Kier molecular flexibility index (Phi) is 4.85. The fourth-order valence-electron chi connectivity index (χ4n) is 2.04. The van der Waals surface area contributed by atoms with Crippen molar-refractivity contribution in [1.82, 2.24) is 5.32 Å². The van der Waals surface area contributed by atoms with E-state index in [1.165, 1.54) is 24.3 Å². The summed E-state index contributed by atoms with van der Waals surface area (Å²) < 4.78 is 0. The SMILES string of the molecule is C[C@@H](NC(=O)c1ccc([N+](=O)[O-])cc1)[C@@H](O)c1ccccc1. The van der Waals surface area contributed by atoms with Crippen LogP contribution < -0.4 is 5.32 Å². The Balaban J connectivity index is 2.03. The minimum Gasteiger partial charge on any atom is -0.386 e. The van der Waals surface area contributed by atoms with Crippen molar-refractivity contribution < 1.29 is 14.8 Å². The molecule has 2 aromatic rings. The summed E-state index contributed by atoms with van der Waals surface area (Å²) in [6.45, 7) is 1.70. The van der Waals surface area contributed by atoms with Gasteiger partial charge in [-0.05, 0) is 24.6 Å². The van der Waals surface area contributed by atoms with Gasteiger partial charge in [0.15, 0.2) is 0 Å². The van der Waals surface area contributed by atoms with Crippen molar-refractivity contribution >= 4 is 11.6 Å². The van der Waals surface area contributed by atoms with Crippen molar-refractivity contribution in [3.8, 4) is 0 Å². The topological polar surface area (TPSA) is 92.5 Å². The number of aliphatic hydroxyl groups is 1. The van der Waals surface area contributed by atoms with E-state index in [4.69, 9.17) is 0 Å². The molecule has 0 aromatic heterocycles. The Morgan fingerprint density at radius 1 is 1.14 bits per heavy atom. The number of nitrogens with zero attached hydrogens (tertiary/aromatic N) is 1. The first kappa shape index (κ1) is 15.7. The van der Waals surface area contributed by atoms with E-state index in [2.05, 4.69) is 5.32 Å². The molecule has 0 saturated carbocycles. The Bertz CT molecular complexity index is 656. The maximum absolute atomic E-state index is 12.1. The number of aliphatic hydroxyl groups excluding tert-OH is 1. The van der Waals surface area contributed by atoms with Gasteiger partial charge in [0, 0.05) is 17.7 Å². The van der Waals surface area contributed by atoms with Crippen molar-refractivity contribution in [3.05, 3.63) is 75.8 Å². The molecule has 0 unspecified atom stereocenters. The molecule has 0 aliphatic heterocycles. The summed E-state index contributed by atoms with van der Waals surface area (Å²) in [6, 6.07) is 13.8. The summed E-state index contributed by atoms with van der Waals surface area (Å²) in [5.74, 6) is -0.391. The van der Waals surface area contributed by atoms with Crippen LogP contribution in [0.4, 0.5) is 5.69 Å². The molecule has 6 heteroatoms. The second kappa shape index (κ2) is 6.82. The molecular weight excluding hydrogens is 284 g/mol. The molecule has 0 spiro atoms. The predicted molar refractivity (Wildman–Crippen MR) is 81.4 cm³/mol. The van der Waals surface area contributed by atoms with Gasteiger partial charge in [-0.15, -0.1) is 0 Å². The van der Waals surface area contributed by atoms with E-state index in [-0.39, 0.29) is 5.69 Å². The van der Waals surface area contributed by atoms with Gasteiger partial charge in [-0.2, -0.15) is 0 Å². The van der Waals surface area contributed by atoms with Crippen LogP contribution in [0.1, 0.15) is 28.9 Å². The normalized spacial score (nSPS) is 13.2. The molecule has 1 amide bonds. The fraction of sp³-hybridized carbons (Fsp3) is 0.188. The second-order valence-corrected chi connectivity index (χ2v) is 4.92. The van der Waals surface area contributed by atoms with Crippen LogP contribution in [-0.4, -0.2) is 22.0 Å². The molecule has 2 rings (SSSR count). The molecule has 0 aliphatic carbocycles. The summed E-state index contributed by atoms with van der Waals surface area (Å²) in [5.41, 5.74) is 0.936. The number of hydrogen-bond donors (Lipinski definition) is 2. The molecule has 0 heterocycles. The molecular formula is C16H16N2O4. The number of non-ortho nitro benzene ring substituents is 1. The van der Waals surface area contributed by atoms with E-state index in [9.17, 15) is 20.0 Å². The molecule has 0 bridgehead atoms. The molecule has 2 atom stereocenters. The zero-order valence-electron chi connectivity index (χ0n) is 12.0. The quantitative estimate of drug-likeness (QED) is 0.655. The fourth-order valence-corrected chi connectivity index (χ4v) is 2.04. The minimum absolute atomic E-state index is 0.0751. The molecule has 114 valence electrons. The van der Waals surface area contributed by atoms with Crippen LogP contribution in [0.15, 0.2) is 54.6 Å². The predicted octanol–water partition coefficient (Wildman–Crippen LogP) is 2.45. The lowest BCUT2D eigenvalue weighted by Gasteiger charge is -2.20. The van der Waals surface area contributed by atoms with Crippen molar-refractivity contribution in [3.63, 3.8) is 0 Å². The number of hydrogen-bond acceptors (Lipinski definition) is 4. The van der Waals surface area contributed by atoms with Crippen LogP contribution in [0, 0.1) is 10.1 Å². The van der Waals surface area contributed by atoms with Gasteiger partial charge in [0.2, 0.25) is 0 Å². The molecule has 0 fully saturated rings. The number of rotatable bonds is 5.